The molecule has 0 spiro atoms. The number of pyridine rings is 1. The molecule has 0 aliphatic rings. The van der Waals surface area contributed by atoms with Crippen molar-refractivity contribution in [3.8, 4) is 6.07 Å². The van der Waals surface area contributed by atoms with E-state index in [-0.39, 0.29) is 0 Å². The Balaban J connectivity index is 2.51. The minimum Gasteiger partial charge on any atom is -0.397 e. The van der Waals surface area contributed by atoms with Crippen molar-refractivity contribution in [1.29, 1.82) is 5.26 Å². The molecule has 1 aromatic carbocycles. The van der Waals surface area contributed by atoms with Gasteiger partial charge in [0.05, 0.1) is 11.3 Å². The zero-order valence-electron chi connectivity index (χ0n) is 9.47. The van der Waals surface area contributed by atoms with Crippen molar-refractivity contribution in [3.05, 3.63) is 64.4 Å². The van der Waals surface area contributed by atoms with E-state index >= 15 is 0 Å². The lowest BCUT2D eigenvalue weighted by molar-refractivity contribution is 1.32. The van der Waals surface area contributed by atoms with E-state index < -0.39 is 0 Å². The summed E-state index contributed by atoms with van der Waals surface area (Å²) < 4.78 is 0.974. The zero-order chi connectivity index (χ0) is 13.0. The van der Waals surface area contributed by atoms with Gasteiger partial charge in [0.2, 0.25) is 0 Å². The highest BCUT2D eigenvalue weighted by atomic mass is 79.9. The van der Waals surface area contributed by atoms with Crippen molar-refractivity contribution in [1.82, 2.24) is 4.98 Å². The van der Waals surface area contributed by atoms with Crippen LogP contribution in [0.25, 0.3) is 11.3 Å². The largest absolute Gasteiger partial charge is 0.397 e. The topological polar surface area (TPSA) is 62.7 Å². The molecule has 0 radical (unpaired) electrons. The van der Waals surface area contributed by atoms with Crippen LogP contribution in [0.1, 0.15) is 11.1 Å². The van der Waals surface area contributed by atoms with Gasteiger partial charge in [-0.05, 0) is 35.4 Å². The van der Waals surface area contributed by atoms with Gasteiger partial charge in [-0.3, -0.25) is 4.98 Å². The summed E-state index contributed by atoms with van der Waals surface area (Å²) in [5.74, 6) is 0. The first kappa shape index (κ1) is 12.3. The van der Waals surface area contributed by atoms with E-state index in [2.05, 4.69) is 27.0 Å². The number of rotatable bonds is 2. The number of halogens is 1. The molecule has 0 saturated heterocycles. The van der Waals surface area contributed by atoms with Crippen LogP contribution in [-0.2, 0) is 0 Å². The number of allylic oxidation sites excluding steroid dienone is 1. The zero-order valence-corrected chi connectivity index (χ0v) is 11.1. The maximum atomic E-state index is 9.25. The quantitative estimate of drug-likeness (QED) is 0.866. The van der Waals surface area contributed by atoms with Gasteiger partial charge in [0.15, 0.2) is 0 Å². The predicted molar refractivity (Wildman–Crippen MR) is 75.0 cm³/mol. The third kappa shape index (κ3) is 2.58. The number of nitrogens with two attached hydrogens (primary N) is 1. The molecule has 0 fully saturated rings. The van der Waals surface area contributed by atoms with Crippen molar-refractivity contribution in [3.63, 3.8) is 0 Å². The number of nitriles is 1. The Bertz CT molecular complexity index is 610. The predicted octanol–water partition coefficient (Wildman–Crippen LogP) is 3.19. The van der Waals surface area contributed by atoms with Crippen LogP contribution >= 0.6 is 15.9 Å². The fraction of sp³-hybridized carbons (Fsp3) is 0. The Morgan fingerprint density at radius 1 is 1.06 bits per heavy atom. The van der Waals surface area contributed by atoms with Gasteiger partial charge in [-0.2, -0.15) is 5.26 Å². The highest BCUT2D eigenvalue weighted by Gasteiger charge is 2.07. The number of hydrogen-bond donors (Lipinski definition) is 1. The van der Waals surface area contributed by atoms with Gasteiger partial charge in [0, 0.05) is 16.9 Å². The fourth-order valence-corrected chi connectivity index (χ4v) is 1.84. The van der Waals surface area contributed by atoms with Crippen LogP contribution in [0.4, 0.5) is 0 Å². The second-order valence-corrected chi connectivity index (χ2v) is 4.56. The lowest BCUT2D eigenvalue weighted by Gasteiger charge is -2.06. The van der Waals surface area contributed by atoms with Crippen LogP contribution in [0.2, 0.25) is 0 Å². The molecule has 0 unspecified atom stereocenters. The summed E-state index contributed by atoms with van der Waals surface area (Å²) in [6.07, 6.45) is 3.28. The lowest BCUT2D eigenvalue weighted by Crippen LogP contribution is -2.00. The molecule has 88 valence electrons. The van der Waals surface area contributed by atoms with Crippen LogP contribution in [-0.4, -0.2) is 4.98 Å². The molecule has 4 heteroatoms. The smallest absolute Gasteiger partial charge is 0.102 e. The van der Waals surface area contributed by atoms with E-state index in [1.807, 2.05) is 24.3 Å². The molecular formula is C14H10BrN3. The second-order valence-electron chi connectivity index (χ2n) is 3.64. The summed E-state index contributed by atoms with van der Waals surface area (Å²) in [5.41, 5.74) is 8.58. The molecular weight excluding hydrogens is 290 g/mol. The van der Waals surface area contributed by atoms with Crippen LogP contribution < -0.4 is 5.73 Å². The maximum absolute atomic E-state index is 9.25. The summed E-state index contributed by atoms with van der Waals surface area (Å²) >= 11 is 3.36. The first-order valence-electron chi connectivity index (χ1n) is 5.28. The molecule has 2 rings (SSSR count). The first-order valence-corrected chi connectivity index (χ1v) is 6.08. The molecule has 2 N–H and O–H groups in total. The third-order valence-corrected chi connectivity index (χ3v) is 3.03. The van der Waals surface area contributed by atoms with E-state index in [1.54, 1.807) is 24.5 Å². The summed E-state index contributed by atoms with van der Waals surface area (Å²) in [7, 11) is 0. The molecule has 2 aromatic rings. The van der Waals surface area contributed by atoms with Gasteiger partial charge in [0.25, 0.3) is 0 Å². The standard InChI is InChI=1S/C14H10BrN3/c15-12-3-1-11(2-4-12)14(17)13(9-16)10-5-7-18-8-6-10/h1-8H,17H2/b14-13-. The normalized spacial score (nSPS) is 11.6. The van der Waals surface area contributed by atoms with E-state index in [1.165, 1.54) is 0 Å². The highest BCUT2D eigenvalue weighted by molar-refractivity contribution is 9.10. The van der Waals surface area contributed by atoms with Gasteiger partial charge < -0.3 is 5.73 Å². The van der Waals surface area contributed by atoms with E-state index in [4.69, 9.17) is 5.73 Å². The number of aromatic nitrogens is 1. The minimum atomic E-state index is 0.458. The summed E-state index contributed by atoms with van der Waals surface area (Å²) in [4.78, 5) is 3.93. The van der Waals surface area contributed by atoms with E-state index in [0.29, 0.717) is 11.3 Å². The molecule has 0 amide bonds. The summed E-state index contributed by atoms with van der Waals surface area (Å²) in [5, 5.41) is 9.25. The Kier molecular flexibility index (Phi) is 3.75. The Hall–Kier alpha value is -2.12. The number of hydrogen-bond acceptors (Lipinski definition) is 3. The fourth-order valence-electron chi connectivity index (χ4n) is 1.57. The van der Waals surface area contributed by atoms with Crippen molar-refractivity contribution >= 4 is 27.2 Å². The average Bonchev–Trinajstić information content (AvgIpc) is 2.41. The Morgan fingerprint density at radius 3 is 2.22 bits per heavy atom. The number of nitrogens with zero attached hydrogens (tertiary/aromatic N) is 2. The molecule has 18 heavy (non-hydrogen) atoms. The molecule has 0 aliphatic heterocycles. The summed E-state index contributed by atoms with van der Waals surface area (Å²) in [6.45, 7) is 0. The molecule has 0 saturated carbocycles. The van der Waals surface area contributed by atoms with E-state index in [0.717, 1.165) is 15.6 Å². The Morgan fingerprint density at radius 2 is 1.67 bits per heavy atom. The SMILES string of the molecule is N#C/C(=C(/N)c1ccc(Br)cc1)c1ccncc1. The maximum Gasteiger partial charge on any atom is 0.102 e. The van der Waals surface area contributed by atoms with Gasteiger partial charge in [-0.15, -0.1) is 0 Å². The molecule has 3 nitrogen and oxygen atoms in total. The molecule has 1 aromatic heterocycles. The monoisotopic (exact) mass is 299 g/mol. The Labute approximate surface area is 114 Å². The van der Waals surface area contributed by atoms with Gasteiger partial charge in [-0.1, -0.05) is 28.1 Å². The van der Waals surface area contributed by atoms with Crippen LogP contribution in [0.3, 0.4) is 0 Å². The molecule has 1 heterocycles. The van der Waals surface area contributed by atoms with Crippen LogP contribution in [0.15, 0.2) is 53.3 Å². The van der Waals surface area contributed by atoms with Crippen LogP contribution in [0, 0.1) is 11.3 Å². The number of benzene rings is 1. The van der Waals surface area contributed by atoms with Crippen LogP contribution in [0.5, 0.6) is 0 Å². The minimum absolute atomic E-state index is 0.458. The lowest BCUT2D eigenvalue weighted by atomic mass is 10.0. The van der Waals surface area contributed by atoms with Gasteiger partial charge in [-0.25, -0.2) is 0 Å². The van der Waals surface area contributed by atoms with Crippen molar-refractivity contribution in [2.75, 3.05) is 0 Å². The molecule has 0 atom stereocenters. The van der Waals surface area contributed by atoms with E-state index in [9.17, 15) is 5.26 Å². The second kappa shape index (κ2) is 5.48. The van der Waals surface area contributed by atoms with Gasteiger partial charge >= 0.3 is 0 Å². The van der Waals surface area contributed by atoms with Crippen molar-refractivity contribution in [2.45, 2.75) is 0 Å². The summed E-state index contributed by atoms with van der Waals surface area (Å²) in [6, 6.07) is 13.2. The third-order valence-electron chi connectivity index (χ3n) is 2.51. The highest BCUT2D eigenvalue weighted by Crippen LogP contribution is 2.22. The first-order chi connectivity index (χ1) is 8.72. The van der Waals surface area contributed by atoms with Crippen molar-refractivity contribution in [2.24, 2.45) is 5.73 Å². The van der Waals surface area contributed by atoms with Gasteiger partial charge in [0.1, 0.15) is 6.07 Å². The molecule has 0 aliphatic carbocycles. The van der Waals surface area contributed by atoms with Crippen molar-refractivity contribution < 1.29 is 0 Å². The molecule has 0 bridgehead atoms. The average molecular weight is 300 g/mol.